The van der Waals surface area contributed by atoms with Gasteiger partial charge in [0, 0.05) is 18.8 Å². The van der Waals surface area contributed by atoms with Crippen LogP contribution in [-0.4, -0.2) is 44.3 Å². The van der Waals surface area contributed by atoms with Gasteiger partial charge in [-0.3, -0.25) is 4.79 Å². The number of nitrogens with one attached hydrogen (secondary N) is 1. The van der Waals surface area contributed by atoms with Gasteiger partial charge in [0.05, 0.1) is 21.0 Å². The molecule has 164 valence electrons. The standard InChI is InChI=1S/C20H19ClFN3O5S/c1-3-25(4-2)31(28,29)15-7-8-18(22)16(10-15)20(27)30-12-19(26)24-14-6-5-13(11-23)17(21)9-14/h5-10H,3-4,12H2,1-2H3,(H,24,26). The van der Waals surface area contributed by atoms with Gasteiger partial charge in [0.25, 0.3) is 5.91 Å². The molecule has 0 heterocycles. The molecule has 2 rings (SSSR count). The van der Waals surface area contributed by atoms with Crippen LogP contribution in [0.4, 0.5) is 10.1 Å². The average Bonchev–Trinajstić information content (AvgIpc) is 2.73. The van der Waals surface area contributed by atoms with Gasteiger partial charge in [-0.25, -0.2) is 17.6 Å². The molecule has 0 aliphatic carbocycles. The number of carbonyl (C=O) groups is 2. The molecule has 0 radical (unpaired) electrons. The van der Waals surface area contributed by atoms with E-state index in [1.807, 2.05) is 6.07 Å². The predicted octanol–water partition coefficient (Wildman–Crippen LogP) is 3.18. The first-order chi connectivity index (χ1) is 14.6. The summed E-state index contributed by atoms with van der Waals surface area (Å²) in [4.78, 5) is 24.0. The molecule has 0 saturated carbocycles. The van der Waals surface area contributed by atoms with Crippen molar-refractivity contribution in [2.75, 3.05) is 25.0 Å². The minimum Gasteiger partial charge on any atom is -0.452 e. The number of amides is 1. The number of carbonyl (C=O) groups excluding carboxylic acids is 2. The van der Waals surface area contributed by atoms with Crippen molar-refractivity contribution in [1.82, 2.24) is 4.31 Å². The second-order valence-corrected chi connectivity index (χ2v) is 8.51. The van der Waals surface area contributed by atoms with E-state index < -0.39 is 39.9 Å². The summed E-state index contributed by atoms with van der Waals surface area (Å²) in [5.41, 5.74) is -0.118. The van der Waals surface area contributed by atoms with Gasteiger partial charge in [-0.1, -0.05) is 25.4 Å². The number of hydrogen-bond acceptors (Lipinski definition) is 6. The van der Waals surface area contributed by atoms with Crippen LogP contribution in [0, 0.1) is 17.1 Å². The van der Waals surface area contributed by atoms with E-state index in [1.165, 1.54) is 18.2 Å². The Morgan fingerprint density at radius 1 is 1.19 bits per heavy atom. The second kappa shape index (κ2) is 10.3. The van der Waals surface area contributed by atoms with Gasteiger partial charge >= 0.3 is 5.97 Å². The van der Waals surface area contributed by atoms with Crippen LogP contribution in [0.1, 0.15) is 29.8 Å². The average molecular weight is 468 g/mol. The monoisotopic (exact) mass is 467 g/mol. The Balaban J connectivity index is 2.11. The Hall–Kier alpha value is -3.00. The zero-order chi connectivity index (χ0) is 23.2. The van der Waals surface area contributed by atoms with Crippen molar-refractivity contribution in [2.24, 2.45) is 0 Å². The quantitative estimate of drug-likeness (QED) is 0.596. The molecular formula is C20H19ClFN3O5S. The maximum absolute atomic E-state index is 14.1. The summed E-state index contributed by atoms with van der Waals surface area (Å²) in [7, 11) is -3.91. The van der Waals surface area contributed by atoms with E-state index in [0.29, 0.717) is 0 Å². The summed E-state index contributed by atoms with van der Waals surface area (Å²) >= 11 is 5.88. The van der Waals surface area contributed by atoms with Crippen LogP contribution in [0.15, 0.2) is 41.3 Å². The van der Waals surface area contributed by atoms with E-state index >= 15 is 0 Å². The second-order valence-electron chi connectivity index (χ2n) is 6.16. The molecule has 0 spiro atoms. The van der Waals surface area contributed by atoms with Gasteiger partial charge in [0.15, 0.2) is 6.61 Å². The molecule has 0 aromatic heterocycles. The predicted molar refractivity (Wildman–Crippen MR) is 112 cm³/mol. The maximum Gasteiger partial charge on any atom is 0.341 e. The number of halogens is 2. The van der Waals surface area contributed by atoms with E-state index in [2.05, 4.69) is 5.32 Å². The van der Waals surface area contributed by atoms with Crippen LogP contribution in [-0.2, 0) is 19.6 Å². The first-order valence-corrected chi connectivity index (χ1v) is 10.9. The van der Waals surface area contributed by atoms with E-state index in [-0.39, 0.29) is 34.3 Å². The van der Waals surface area contributed by atoms with Crippen molar-refractivity contribution in [3.05, 3.63) is 58.4 Å². The third-order valence-electron chi connectivity index (χ3n) is 4.21. The van der Waals surface area contributed by atoms with Crippen LogP contribution < -0.4 is 5.32 Å². The largest absolute Gasteiger partial charge is 0.452 e. The molecule has 8 nitrogen and oxygen atoms in total. The van der Waals surface area contributed by atoms with Gasteiger partial charge in [0.1, 0.15) is 11.9 Å². The molecule has 31 heavy (non-hydrogen) atoms. The van der Waals surface area contributed by atoms with Gasteiger partial charge in [-0.15, -0.1) is 0 Å². The molecule has 1 N–H and O–H groups in total. The molecule has 11 heteroatoms. The van der Waals surface area contributed by atoms with E-state index in [1.54, 1.807) is 13.8 Å². The maximum atomic E-state index is 14.1. The van der Waals surface area contributed by atoms with Gasteiger partial charge in [-0.05, 0) is 36.4 Å². The summed E-state index contributed by atoms with van der Waals surface area (Å²) < 4.78 is 45.2. The van der Waals surface area contributed by atoms with Crippen LogP contribution in [0.5, 0.6) is 0 Å². The summed E-state index contributed by atoms with van der Waals surface area (Å²) in [6, 6.07) is 8.85. The van der Waals surface area contributed by atoms with Crippen LogP contribution in [0.25, 0.3) is 0 Å². The third kappa shape index (κ3) is 5.79. The lowest BCUT2D eigenvalue weighted by Crippen LogP contribution is -2.30. The van der Waals surface area contributed by atoms with Crippen molar-refractivity contribution < 1.29 is 27.1 Å². The molecule has 0 aliphatic heterocycles. The molecule has 0 atom stereocenters. The number of rotatable bonds is 8. The lowest BCUT2D eigenvalue weighted by Gasteiger charge is -2.18. The van der Waals surface area contributed by atoms with Crippen LogP contribution >= 0.6 is 11.6 Å². The van der Waals surface area contributed by atoms with Crippen molar-refractivity contribution in [3.63, 3.8) is 0 Å². The summed E-state index contributed by atoms with van der Waals surface area (Å²) in [6.07, 6.45) is 0. The SMILES string of the molecule is CCN(CC)S(=O)(=O)c1ccc(F)c(C(=O)OCC(=O)Nc2ccc(C#N)c(Cl)c2)c1. The molecule has 0 bridgehead atoms. The number of hydrogen-bond donors (Lipinski definition) is 1. The van der Waals surface area contributed by atoms with Gasteiger partial charge in [-0.2, -0.15) is 9.57 Å². The Bertz CT molecular complexity index is 1140. The Morgan fingerprint density at radius 2 is 1.87 bits per heavy atom. The van der Waals surface area contributed by atoms with Crippen LogP contribution in [0.3, 0.4) is 0 Å². The first-order valence-electron chi connectivity index (χ1n) is 9.10. The Kier molecular flexibility index (Phi) is 8.10. The topological polar surface area (TPSA) is 117 Å². The highest BCUT2D eigenvalue weighted by Gasteiger charge is 2.25. The summed E-state index contributed by atoms with van der Waals surface area (Å²) in [5.74, 6) is -2.91. The lowest BCUT2D eigenvalue weighted by molar-refractivity contribution is -0.119. The highest BCUT2D eigenvalue weighted by molar-refractivity contribution is 7.89. The van der Waals surface area contributed by atoms with Crippen molar-refractivity contribution in [1.29, 1.82) is 5.26 Å². The molecular weight excluding hydrogens is 449 g/mol. The fraction of sp³-hybridized carbons (Fsp3) is 0.250. The number of ether oxygens (including phenoxy) is 1. The Morgan fingerprint density at radius 3 is 2.45 bits per heavy atom. The fourth-order valence-electron chi connectivity index (χ4n) is 2.62. The molecule has 0 saturated heterocycles. The van der Waals surface area contributed by atoms with E-state index in [4.69, 9.17) is 21.6 Å². The number of esters is 1. The fourth-order valence-corrected chi connectivity index (χ4v) is 4.33. The molecule has 2 aromatic carbocycles. The molecule has 2 aromatic rings. The minimum atomic E-state index is -3.91. The highest BCUT2D eigenvalue weighted by Crippen LogP contribution is 2.21. The minimum absolute atomic E-state index is 0.130. The van der Waals surface area contributed by atoms with Gasteiger partial charge in [0.2, 0.25) is 10.0 Å². The molecule has 1 amide bonds. The molecule has 0 aliphatic rings. The molecule has 0 fully saturated rings. The first kappa shape index (κ1) is 24.3. The third-order valence-corrected chi connectivity index (χ3v) is 6.57. The molecule has 0 unspecified atom stereocenters. The number of anilines is 1. The van der Waals surface area contributed by atoms with Gasteiger partial charge < -0.3 is 10.1 Å². The number of nitriles is 1. The summed E-state index contributed by atoms with van der Waals surface area (Å²) in [5, 5.41) is 11.4. The normalized spacial score (nSPS) is 11.1. The zero-order valence-corrected chi connectivity index (χ0v) is 18.3. The summed E-state index contributed by atoms with van der Waals surface area (Å²) in [6.45, 7) is 2.97. The Labute approximate surface area is 184 Å². The lowest BCUT2D eigenvalue weighted by atomic mass is 10.2. The van der Waals surface area contributed by atoms with E-state index in [0.717, 1.165) is 22.5 Å². The van der Waals surface area contributed by atoms with E-state index in [9.17, 15) is 22.4 Å². The smallest absolute Gasteiger partial charge is 0.341 e. The number of sulfonamides is 1. The highest BCUT2D eigenvalue weighted by atomic mass is 35.5. The number of benzene rings is 2. The zero-order valence-electron chi connectivity index (χ0n) is 16.7. The number of nitrogens with zero attached hydrogens (tertiary/aromatic N) is 2. The van der Waals surface area contributed by atoms with Crippen molar-refractivity contribution in [3.8, 4) is 6.07 Å². The van der Waals surface area contributed by atoms with Crippen molar-refractivity contribution >= 4 is 39.2 Å². The van der Waals surface area contributed by atoms with Crippen LogP contribution in [0.2, 0.25) is 5.02 Å². The van der Waals surface area contributed by atoms with Crippen molar-refractivity contribution in [2.45, 2.75) is 18.7 Å².